The van der Waals surface area contributed by atoms with Gasteiger partial charge in [-0.2, -0.15) is 0 Å². The number of hydrogen-bond acceptors (Lipinski definition) is 6. The summed E-state index contributed by atoms with van der Waals surface area (Å²) in [6.07, 6.45) is 0.380. The number of amides is 1. The lowest BCUT2D eigenvalue weighted by atomic mass is 10.1. The summed E-state index contributed by atoms with van der Waals surface area (Å²) in [6, 6.07) is 10.9. The van der Waals surface area contributed by atoms with E-state index in [2.05, 4.69) is 14.9 Å². The Hall–Kier alpha value is -3.20. The van der Waals surface area contributed by atoms with Gasteiger partial charge in [-0.3, -0.25) is 4.79 Å². The van der Waals surface area contributed by atoms with Crippen LogP contribution in [0.4, 0.5) is 8.78 Å². The Morgan fingerprint density at radius 3 is 2.61 bits per heavy atom. The molecule has 28 heavy (non-hydrogen) atoms. The summed E-state index contributed by atoms with van der Waals surface area (Å²) in [5, 5.41) is 6.53. The third-order valence-corrected chi connectivity index (χ3v) is 4.42. The second-order valence-corrected chi connectivity index (χ2v) is 6.47. The van der Waals surface area contributed by atoms with Crippen LogP contribution in [0, 0.1) is 11.6 Å². The number of nitrogens with zero attached hydrogens (tertiary/aromatic N) is 2. The number of benzene rings is 2. The Balaban J connectivity index is 1.47. The molecule has 3 rings (SSSR count). The van der Waals surface area contributed by atoms with Gasteiger partial charge in [-0.1, -0.05) is 10.6 Å². The summed E-state index contributed by atoms with van der Waals surface area (Å²) in [5.41, 5.74) is 1.11. The van der Waals surface area contributed by atoms with Crippen LogP contribution in [0.3, 0.4) is 0 Å². The average molecular weight is 403 g/mol. The monoisotopic (exact) mass is 403 g/mol. The number of carbonyl (C=O) groups excluding carboxylic acids is 2. The van der Waals surface area contributed by atoms with E-state index >= 15 is 0 Å². The molecule has 0 bridgehead atoms. The number of esters is 1. The lowest BCUT2D eigenvalue weighted by Crippen LogP contribution is -2.25. The highest BCUT2D eigenvalue weighted by Crippen LogP contribution is 2.24. The molecule has 0 saturated heterocycles. The van der Waals surface area contributed by atoms with Crippen LogP contribution in [0.5, 0.6) is 0 Å². The van der Waals surface area contributed by atoms with Gasteiger partial charge < -0.3 is 10.1 Å². The van der Waals surface area contributed by atoms with Crippen molar-refractivity contribution in [3.63, 3.8) is 0 Å². The van der Waals surface area contributed by atoms with Gasteiger partial charge in [-0.25, -0.2) is 13.6 Å². The number of halogens is 2. The Morgan fingerprint density at radius 2 is 1.86 bits per heavy atom. The lowest BCUT2D eigenvalue weighted by molar-refractivity contribution is 0.0507. The molecule has 9 heteroatoms. The van der Waals surface area contributed by atoms with Gasteiger partial charge in [0.2, 0.25) is 0 Å². The number of nitrogens with one attached hydrogen (secondary N) is 1. The number of ether oxygens (including phenoxy) is 1. The fraction of sp³-hybridized carbons (Fsp3) is 0.158. The molecule has 144 valence electrons. The lowest BCUT2D eigenvalue weighted by Gasteiger charge is -2.06. The van der Waals surface area contributed by atoms with Gasteiger partial charge in [-0.15, -0.1) is 5.10 Å². The summed E-state index contributed by atoms with van der Waals surface area (Å²) in [5.74, 6) is -1.88. The maximum Gasteiger partial charge on any atom is 0.352 e. The fourth-order valence-electron chi connectivity index (χ4n) is 2.36. The predicted octanol–water partition coefficient (Wildman–Crippen LogP) is 3.46. The summed E-state index contributed by atoms with van der Waals surface area (Å²) < 4.78 is 35.1. The van der Waals surface area contributed by atoms with E-state index in [-0.39, 0.29) is 23.6 Å². The van der Waals surface area contributed by atoms with Crippen molar-refractivity contribution in [3.05, 3.63) is 70.6 Å². The van der Waals surface area contributed by atoms with E-state index in [1.54, 1.807) is 0 Å². The van der Waals surface area contributed by atoms with E-state index in [4.69, 9.17) is 4.74 Å². The molecule has 0 saturated carbocycles. The van der Waals surface area contributed by atoms with Crippen LogP contribution in [0.25, 0.3) is 11.3 Å². The minimum atomic E-state index is -0.592. The van der Waals surface area contributed by atoms with Crippen LogP contribution in [0.1, 0.15) is 26.5 Å². The number of hydrogen-bond donors (Lipinski definition) is 1. The van der Waals surface area contributed by atoms with Crippen molar-refractivity contribution >= 4 is 23.4 Å². The standard InChI is InChI=1S/C19H15F2N3O3S/c20-14-7-5-12(6-8-14)16-17(28-24-23-16)19(26)27-10-2-9-22-18(25)13-3-1-4-15(21)11-13/h1,3-8,11H,2,9-10H2,(H,22,25). The first-order chi connectivity index (χ1) is 13.5. The molecule has 0 unspecified atom stereocenters. The van der Waals surface area contributed by atoms with E-state index < -0.39 is 23.5 Å². The van der Waals surface area contributed by atoms with Crippen LogP contribution in [0.15, 0.2) is 48.5 Å². The van der Waals surface area contributed by atoms with Crippen LogP contribution in [-0.4, -0.2) is 34.6 Å². The van der Waals surface area contributed by atoms with Crippen LogP contribution < -0.4 is 5.32 Å². The number of rotatable bonds is 7. The van der Waals surface area contributed by atoms with Crippen molar-refractivity contribution in [1.29, 1.82) is 0 Å². The minimum Gasteiger partial charge on any atom is -0.461 e. The number of carbonyl (C=O) groups is 2. The van der Waals surface area contributed by atoms with Crippen LogP contribution >= 0.6 is 11.5 Å². The topological polar surface area (TPSA) is 81.2 Å². The smallest absolute Gasteiger partial charge is 0.352 e. The van der Waals surface area contributed by atoms with Gasteiger partial charge in [0.1, 0.15) is 17.3 Å². The van der Waals surface area contributed by atoms with E-state index in [1.807, 2.05) is 0 Å². The molecule has 0 aliphatic carbocycles. The first kappa shape index (κ1) is 19.6. The maximum absolute atomic E-state index is 13.1. The van der Waals surface area contributed by atoms with Gasteiger partial charge in [0.05, 0.1) is 6.61 Å². The third-order valence-electron chi connectivity index (χ3n) is 3.72. The molecule has 1 aromatic heterocycles. The quantitative estimate of drug-likeness (QED) is 0.483. The maximum atomic E-state index is 13.1. The van der Waals surface area contributed by atoms with Gasteiger partial charge in [0.15, 0.2) is 4.88 Å². The molecule has 0 aliphatic heterocycles. The fourth-order valence-corrected chi connectivity index (χ4v) is 2.94. The largest absolute Gasteiger partial charge is 0.461 e. The van der Waals surface area contributed by atoms with Crippen molar-refractivity contribution in [1.82, 2.24) is 14.9 Å². The predicted molar refractivity (Wildman–Crippen MR) is 98.9 cm³/mol. The molecular formula is C19H15F2N3O3S. The number of aromatic nitrogens is 2. The molecule has 0 aliphatic rings. The van der Waals surface area contributed by atoms with Crippen LogP contribution in [-0.2, 0) is 4.74 Å². The zero-order chi connectivity index (χ0) is 19.9. The van der Waals surface area contributed by atoms with E-state index in [9.17, 15) is 18.4 Å². The second kappa shape index (κ2) is 9.14. The highest BCUT2D eigenvalue weighted by Gasteiger charge is 2.19. The molecule has 0 spiro atoms. The first-order valence-electron chi connectivity index (χ1n) is 8.34. The summed E-state index contributed by atoms with van der Waals surface area (Å²) in [7, 11) is 0. The SMILES string of the molecule is O=C(NCCCOC(=O)c1snnc1-c1ccc(F)cc1)c1cccc(F)c1. The van der Waals surface area contributed by atoms with E-state index in [1.165, 1.54) is 42.5 Å². The average Bonchev–Trinajstić information content (AvgIpc) is 3.18. The molecule has 6 nitrogen and oxygen atoms in total. The molecule has 1 amide bonds. The highest BCUT2D eigenvalue weighted by molar-refractivity contribution is 7.08. The molecule has 3 aromatic rings. The molecule has 0 fully saturated rings. The van der Waals surface area contributed by atoms with Crippen molar-refractivity contribution in [2.24, 2.45) is 0 Å². The molecule has 2 aromatic carbocycles. The Bertz CT molecular complexity index is 977. The first-order valence-corrected chi connectivity index (χ1v) is 9.11. The van der Waals surface area contributed by atoms with E-state index in [0.717, 1.165) is 17.6 Å². The highest BCUT2D eigenvalue weighted by atomic mass is 32.1. The Kier molecular flexibility index (Phi) is 6.38. The van der Waals surface area contributed by atoms with Crippen molar-refractivity contribution < 1.29 is 23.1 Å². The summed E-state index contributed by atoms with van der Waals surface area (Å²) in [6.45, 7) is 0.331. The van der Waals surface area contributed by atoms with Crippen molar-refractivity contribution in [3.8, 4) is 11.3 Å². The van der Waals surface area contributed by atoms with E-state index in [0.29, 0.717) is 17.7 Å². The van der Waals surface area contributed by atoms with Gasteiger partial charge >= 0.3 is 5.97 Å². The van der Waals surface area contributed by atoms with Crippen molar-refractivity contribution in [2.75, 3.05) is 13.2 Å². The molecular weight excluding hydrogens is 388 g/mol. The normalized spacial score (nSPS) is 10.5. The second-order valence-electron chi connectivity index (χ2n) is 5.71. The zero-order valence-corrected chi connectivity index (χ0v) is 15.3. The van der Waals surface area contributed by atoms with Crippen molar-refractivity contribution in [2.45, 2.75) is 6.42 Å². The Morgan fingerprint density at radius 1 is 1.07 bits per heavy atom. The molecule has 1 N–H and O–H groups in total. The molecule has 0 atom stereocenters. The van der Waals surface area contributed by atoms with Gasteiger partial charge in [-0.05, 0) is 60.4 Å². The summed E-state index contributed by atoms with van der Waals surface area (Å²) in [4.78, 5) is 24.3. The summed E-state index contributed by atoms with van der Waals surface area (Å²) >= 11 is 0.889. The van der Waals surface area contributed by atoms with Gasteiger partial charge in [0.25, 0.3) is 5.91 Å². The van der Waals surface area contributed by atoms with Crippen LogP contribution in [0.2, 0.25) is 0 Å². The zero-order valence-electron chi connectivity index (χ0n) is 14.5. The Labute approximate surface area is 163 Å². The van der Waals surface area contributed by atoms with Gasteiger partial charge in [0, 0.05) is 17.7 Å². The molecule has 1 heterocycles. The molecule has 0 radical (unpaired) electrons. The minimum absolute atomic E-state index is 0.0724. The third kappa shape index (κ3) is 4.95.